The van der Waals surface area contributed by atoms with Crippen molar-refractivity contribution in [3.8, 4) is 11.3 Å². The van der Waals surface area contributed by atoms with Crippen LogP contribution in [0.25, 0.3) is 11.3 Å². The summed E-state index contributed by atoms with van der Waals surface area (Å²) in [5, 5.41) is 3.44. The summed E-state index contributed by atoms with van der Waals surface area (Å²) < 4.78 is 0. The first-order chi connectivity index (χ1) is 13.9. The molecule has 0 N–H and O–H groups in total. The molecule has 1 atom stereocenters. The smallest absolute Gasteiger partial charge is 0.233 e. The van der Waals surface area contributed by atoms with Gasteiger partial charge in [0.15, 0.2) is 5.13 Å². The van der Waals surface area contributed by atoms with Gasteiger partial charge in [0.25, 0.3) is 0 Å². The zero-order chi connectivity index (χ0) is 21.0. The fourth-order valence-corrected chi connectivity index (χ4v) is 4.56. The largest absolute Gasteiger partial charge is 0.342 e. The molecular formula is C21H23Cl2N3O2S. The highest BCUT2D eigenvalue weighted by atomic mass is 35.5. The molecule has 1 aromatic carbocycles. The van der Waals surface area contributed by atoms with Crippen LogP contribution in [0, 0.1) is 5.92 Å². The third-order valence-corrected chi connectivity index (χ3v) is 6.54. The third-order valence-electron chi connectivity index (χ3n) is 4.94. The van der Waals surface area contributed by atoms with Gasteiger partial charge < -0.3 is 4.90 Å². The molecule has 0 spiro atoms. The van der Waals surface area contributed by atoms with Gasteiger partial charge in [-0.2, -0.15) is 0 Å². The molecule has 1 aliphatic rings. The number of hydrogen-bond acceptors (Lipinski definition) is 4. The second-order valence-corrected chi connectivity index (χ2v) is 8.57. The molecule has 1 aliphatic heterocycles. The van der Waals surface area contributed by atoms with Crippen molar-refractivity contribution in [2.24, 2.45) is 5.92 Å². The van der Waals surface area contributed by atoms with Crippen molar-refractivity contribution < 1.29 is 9.59 Å². The topological polar surface area (TPSA) is 53.5 Å². The lowest BCUT2D eigenvalue weighted by Crippen LogP contribution is -2.46. The summed E-state index contributed by atoms with van der Waals surface area (Å²) >= 11 is 13.5. The summed E-state index contributed by atoms with van der Waals surface area (Å²) in [4.78, 5) is 33.4. The Kier molecular flexibility index (Phi) is 7.33. The lowest BCUT2D eigenvalue weighted by atomic mass is 9.96. The van der Waals surface area contributed by atoms with E-state index in [0.29, 0.717) is 34.7 Å². The maximum atomic E-state index is 13.3. The van der Waals surface area contributed by atoms with E-state index >= 15 is 0 Å². The Bertz CT molecular complexity index is 915. The number of rotatable bonds is 6. The Labute approximate surface area is 184 Å². The van der Waals surface area contributed by atoms with Gasteiger partial charge in [-0.15, -0.1) is 17.9 Å². The molecule has 2 amide bonds. The number of nitrogens with zero attached hydrogens (tertiary/aromatic N) is 3. The highest BCUT2D eigenvalue weighted by Crippen LogP contribution is 2.32. The number of piperidine rings is 1. The van der Waals surface area contributed by atoms with Crippen molar-refractivity contribution in [3.05, 3.63) is 46.3 Å². The van der Waals surface area contributed by atoms with Gasteiger partial charge >= 0.3 is 0 Å². The summed E-state index contributed by atoms with van der Waals surface area (Å²) in [6.45, 7) is 7.18. The number of amides is 2. The summed E-state index contributed by atoms with van der Waals surface area (Å²) in [5.41, 5.74) is 1.57. The number of anilines is 1. The van der Waals surface area contributed by atoms with E-state index in [0.717, 1.165) is 30.6 Å². The molecule has 5 nitrogen and oxygen atoms in total. The van der Waals surface area contributed by atoms with Crippen LogP contribution in [0.5, 0.6) is 0 Å². The Balaban J connectivity index is 1.81. The van der Waals surface area contributed by atoms with E-state index < -0.39 is 0 Å². The number of thiazole rings is 1. The van der Waals surface area contributed by atoms with Gasteiger partial charge in [-0.1, -0.05) is 42.3 Å². The van der Waals surface area contributed by atoms with Crippen molar-refractivity contribution in [2.75, 3.05) is 24.5 Å². The maximum absolute atomic E-state index is 13.3. The molecule has 3 rings (SSSR count). The van der Waals surface area contributed by atoms with Crippen molar-refractivity contribution in [2.45, 2.75) is 26.2 Å². The highest BCUT2D eigenvalue weighted by molar-refractivity contribution is 7.14. The van der Waals surface area contributed by atoms with Gasteiger partial charge in [0.05, 0.1) is 21.7 Å². The van der Waals surface area contributed by atoms with Crippen LogP contribution in [0.3, 0.4) is 0 Å². The molecule has 1 saturated heterocycles. The molecule has 1 unspecified atom stereocenters. The predicted molar refractivity (Wildman–Crippen MR) is 120 cm³/mol. The summed E-state index contributed by atoms with van der Waals surface area (Å²) in [7, 11) is 0. The number of hydrogen-bond donors (Lipinski definition) is 0. The summed E-state index contributed by atoms with van der Waals surface area (Å²) in [6, 6.07) is 5.34. The van der Waals surface area contributed by atoms with Crippen LogP contribution in [-0.4, -0.2) is 41.3 Å². The van der Waals surface area contributed by atoms with Crippen molar-refractivity contribution >= 4 is 51.5 Å². The molecule has 1 aromatic heterocycles. The van der Waals surface area contributed by atoms with Crippen LogP contribution in [0.15, 0.2) is 36.2 Å². The molecule has 0 bridgehead atoms. The van der Waals surface area contributed by atoms with Gasteiger partial charge in [0, 0.05) is 37.0 Å². The lowest BCUT2D eigenvalue weighted by molar-refractivity contribution is -0.134. The average Bonchev–Trinajstić information content (AvgIpc) is 3.22. The maximum Gasteiger partial charge on any atom is 0.233 e. The zero-order valence-electron chi connectivity index (χ0n) is 16.2. The van der Waals surface area contributed by atoms with E-state index in [1.54, 1.807) is 28.0 Å². The number of halogens is 2. The number of carbonyl (C=O) groups is 2. The van der Waals surface area contributed by atoms with E-state index in [-0.39, 0.29) is 17.7 Å². The molecule has 2 aromatic rings. The third kappa shape index (κ3) is 5.00. The van der Waals surface area contributed by atoms with Gasteiger partial charge in [-0.3, -0.25) is 14.5 Å². The fraction of sp³-hybridized carbons (Fsp3) is 0.381. The average molecular weight is 452 g/mol. The van der Waals surface area contributed by atoms with Crippen LogP contribution in [-0.2, 0) is 9.59 Å². The van der Waals surface area contributed by atoms with Gasteiger partial charge in [0.1, 0.15) is 0 Å². The minimum absolute atomic E-state index is 0.0199. The molecular weight excluding hydrogens is 429 g/mol. The van der Waals surface area contributed by atoms with E-state index in [1.165, 1.54) is 11.3 Å². The predicted octanol–water partition coefficient (Wildman–Crippen LogP) is 5.28. The zero-order valence-corrected chi connectivity index (χ0v) is 18.6. The molecule has 1 fully saturated rings. The van der Waals surface area contributed by atoms with E-state index in [1.807, 2.05) is 18.4 Å². The normalized spacial score (nSPS) is 16.5. The number of carbonyl (C=O) groups excluding carboxylic acids is 2. The molecule has 0 saturated carbocycles. The summed E-state index contributed by atoms with van der Waals surface area (Å²) in [5.74, 6) is -0.154. The summed E-state index contributed by atoms with van der Waals surface area (Å²) in [6.07, 6.45) is 3.74. The molecule has 8 heteroatoms. The molecule has 154 valence electrons. The number of benzene rings is 1. The fourth-order valence-electron chi connectivity index (χ4n) is 3.42. The van der Waals surface area contributed by atoms with Crippen molar-refractivity contribution in [1.82, 2.24) is 9.88 Å². The van der Waals surface area contributed by atoms with E-state index in [2.05, 4.69) is 11.6 Å². The van der Waals surface area contributed by atoms with Crippen LogP contribution in [0.2, 0.25) is 10.0 Å². The lowest BCUT2D eigenvalue weighted by Gasteiger charge is -2.34. The minimum Gasteiger partial charge on any atom is -0.342 e. The van der Waals surface area contributed by atoms with E-state index in [9.17, 15) is 9.59 Å². The Morgan fingerprint density at radius 3 is 2.86 bits per heavy atom. The second-order valence-electron chi connectivity index (χ2n) is 6.91. The molecule has 2 heterocycles. The molecule has 0 aliphatic carbocycles. The minimum atomic E-state index is -0.225. The molecule has 0 radical (unpaired) electrons. The Morgan fingerprint density at radius 1 is 1.38 bits per heavy atom. The highest BCUT2D eigenvalue weighted by Gasteiger charge is 2.32. The molecule has 29 heavy (non-hydrogen) atoms. The first-order valence-electron chi connectivity index (χ1n) is 9.55. The number of aromatic nitrogens is 1. The number of likely N-dealkylation sites (tertiary alicyclic amines) is 1. The van der Waals surface area contributed by atoms with E-state index in [4.69, 9.17) is 23.2 Å². The SMILES string of the molecule is C=CCN(C(=O)C1CCCN(C(=O)CC)C1)c1nc(-c2ccc(Cl)c(Cl)c2)cs1. The second kappa shape index (κ2) is 9.74. The Hall–Kier alpha value is -1.89. The quantitative estimate of drug-likeness (QED) is 0.560. The van der Waals surface area contributed by atoms with Crippen LogP contribution in [0.1, 0.15) is 26.2 Å². The van der Waals surface area contributed by atoms with Crippen LogP contribution < -0.4 is 4.90 Å². The first kappa shape index (κ1) is 21.8. The van der Waals surface area contributed by atoms with Crippen molar-refractivity contribution in [1.29, 1.82) is 0 Å². The standard InChI is InChI=1S/C21H23Cl2N3O2S/c1-3-9-26(20(28)15-6-5-10-25(12-15)19(27)4-2)21-24-18(13-29-21)14-7-8-16(22)17(23)11-14/h3,7-8,11,13,15H,1,4-6,9-10,12H2,2H3. The van der Waals surface area contributed by atoms with Gasteiger partial charge in [-0.05, 0) is 25.0 Å². The Morgan fingerprint density at radius 2 is 2.17 bits per heavy atom. The van der Waals surface area contributed by atoms with Crippen molar-refractivity contribution in [3.63, 3.8) is 0 Å². The van der Waals surface area contributed by atoms with Crippen LogP contribution in [0.4, 0.5) is 5.13 Å². The van der Waals surface area contributed by atoms with Gasteiger partial charge in [-0.25, -0.2) is 4.98 Å². The van der Waals surface area contributed by atoms with Crippen LogP contribution >= 0.6 is 34.5 Å². The first-order valence-corrected chi connectivity index (χ1v) is 11.2. The van der Waals surface area contributed by atoms with Gasteiger partial charge in [0.2, 0.25) is 11.8 Å². The monoisotopic (exact) mass is 451 g/mol.